The van der Waals surface area contributed by atoms with Gasteiger partial charge in [0.25, 0.3) is 0 Å². The van der Waals surface area contributed by atoms with Crippen LogP contribution in [0.4, 0.5) is 0 Å². The molecule has 7 heteroatoms. The molecule has 0 saturated carbocycles. The van der Waals surface area contributed by atoms with Gasteiger partial charge in [-0.25, -0.2) is 12.7 Å². The molecule has 0 aromatic heterocycles. The lowest BCUT2D eigenvalue weighted by atomic mass is 9.99. The predicted molar refractivity (Wildman–Crippen MR) is 102 cm³/mol. The number of carbonyl (C=O) groups excluding carboxylic acids is 1. The van der Waals surface area contributed by atoms with Gasteiger partial charge in [0.15, 0.2) is 0 Å². The van der Waals surface area contributed by atoms with Crippen LogP contribution in [0.5, 0.6) is 5.75 Å². The van der Waals surface area contributed by atoms with Gasteiger partial charge in [-0.1, -0.05) is 30.3 Å². The number of piperidine rings is 1. The maximum Gasteiger partial charge on any atom is 0.224 e. The lowest BCUT2D eigenvalue weighted by Gasteiger charge is -2.30. The Morgan fingerprint density at radius 3 is 2.77 bits per heavy atom. The van der Waals surface area contributed by atoms with Crippen molar-refractivity contribution in [3.8, 4) is 5.75 Å². The van der Waals surface area contributed by atoms with Gasteiger partial charge in [-0.2, -0.15) is 0 Å². The van der Waals surface area contributed by atoms with Crippen LogP contribution in [0.25, 0.3) is 10.8 Å². The second-order valence-corrected chi connectivity index (χ2v) is 8.59. The van der Waals surface area contributed by atoms with Crippen LogP contribution in [0.15, 0.2) is 42.5 Å². The number of rotatable bonds is 6. The van der Waals surface area contributed by atoms with E-state index in [4.69, 9.17) is 4.74 Å². The highest BCUT2D eigenvalue weighted by molar-refractivity contribution is 7.88. The van der Waals surface area contributed by atoms with Gasteiger partial charge in [-0.15, -0.1) is 0 Å². The van der Waals surface area contributed by atoms with Crippen molar-refractivity contribution in [2.75, 3.05) is 32.5 Å². The van der Waals surface area contributed by atoms with E-state index < -0.39 is 10.0 Å². The Balaban J connectivity index is 1.46. The van der Waals surface area contributed by atoms with Crippen LogP contribution < -0.4 is 10.1 Å². The van der Waals surface area contributed by atoms with E-state index in [1.165, 1.54) is 10.6 Å². The third kappa shape index (κ3) is 4.74. The van der Waals surface area contributed by atoms with Gasteiger partial charge in [0, 0.05) is 13.1 Å². The first-order valence-electron chi connectivity index (χ1n) is 8.78. The highest BCUT2D eigenvalue weighted by atomic mass is 32.2. The molecule has 1 aliphatic rings. The van der Waals surface area contributed by atoms with Gasteiger partial charge in [0.05, 0.1) is 18.7 Å². The zero-order valence-corrected chi connectivity index (χ0v) is 15.7. The van der Waals surface area contributed by atoms with Crippen molar-refractivity contribution in [3.05, 3.63) is 42.5 Å². The Kier molecular flexibility index (Phi) is 5.78. The molecule has 0 spiro atoms. The number of amides is 1. The number of fused-ring (bicyclic) bond motifs is 1. The molecule has 1 amide bonds. The minimum atomic E-state index is -3.24. The molecule has 3 rings (SSSR count). The standard InChI is InChI=1S/C19H24N2O4S/c1-26(23,24)21-11-4-7-17(14-21)19(22)20-10-12-25-18-9-8-15-5-2-3-6-16(15)13-18/h2-3,5-6,8-9,13,17H,4,7,10-12,14H2,1H3,(H,20,22)/t17-/m1/s1. The number of nitrogens with zero attached hydrogens (tertiary/aromatic N) is 1. The topological polar surface area (TPSA) is 75.7 Å². The summed E-state index contributed by atoms with van der Waals surface area (Å²) in [7, 11) is -3.24. The van der Waals surface area contributed by atoms with Crippen LogP contribution in [-0.4, -0.2) is 51.1 Å². The van der Waals surface area contributed by atoms with Crippen LogP contribution in [0.3, 0.4) is 0 Å². The maximum absolute atomic E-state index is 12.3. The van der Waals surface area contributed by atoms with Crippen LogP contribution in [0, 0.1) is 5.92 Å². The van der Waals surface area contributed by atoms with E-state index in [1.807, 2.05) is 42.5 Å². The summed E-state index contributed by atoms with van der Waals surface area (Å²) in [5, 5.41) is 5.11. The number of hydrogen-bond acceptors (Lipinski definition) is 4. The van der Waals surface area contributed by atoms with Gasteiger partial charge in [-0.05, 0) is 35.7 Å². The molecule has 0 radical (unpaired) electrons. The van der Waals surface area contributed by atoms with Gasteiger partial charge >= 0.3 is 0 Å². The summed E-state index contributed by atoms with van der Waals surface area (Å²) in [4.78, 5) is 12.3. The molecule has 26 heavy (non-hydrogen) atoms. The molecule has 2 aromatic rings. The molecule has 0 unspecified atom stereocenters. The second-order valence-electron chi connectivity index (χ2n) is 6.61. The predicted octanol–water partition coefficient (Wildman–Crippen LogP) is 2.01. The van der Waals surface area contributed by atoms with Gasteiger partial charge in [0.2, 0.25) is 15.9 Å². The van der Waals surface area contributed by atoms with Gasteiger partial charge in [0.1, 0.15) is 12.4 Å². The first-order chi connectivity index (χ1) is 12.4. The lowest BCUT2D eigenvalue weighted by Crippen LogP contribution is -2.45. The molecule has 0 aliphatic carbocycles. The smallest absolute Gasteiger partial charge is 0.224 e. The maximum atomic E-state index is 12.3. The average molecular weight is 376 g/mol. The molecule has 1 N–H and O–H groups in total. The van der Waals surface area contributed by atoms with E-state index in [0.29, 0.717) is 32.5 Å². The second kappa shape index (κ2) is 8.05. The Morgan fingerprint density at radius 1 is 1.23 bits per heavy atom. The Bertz CT molecular complexity index is 882. The molecule has 1 saturated heterocycles. The highest BCUT2D eigenvalue weighted by Gasteiger charge is 2.29. The summed E-state index contributed by atoms with van der Waals surface area (Å²) in [5.41, 5.74) is 0. The SMILES string of the molecule is CS(=O)(=O)N1CCC[C@@H](C(=O)NCCOc2ccc3ccccc3c2)C1. The van der Waals surface area contributed by atoms with E-state index >= 15 is 0 Å². The quantitative estimate of drug-likeness (QED) is 0.783. The van der Waals surface area contributed by atoms with Crippen molar-refractivity contribution >= 4 is 26.7 Å². The molecule has 6 nitrogen and oxygen atoms in total. The Hall–Kier alpha value is -2.12. The number of nitrogens with one attached hydrogen (secondary N) is 1. The fourth-order valence-corrected chi connectivity index (χ4v) is 4.11. The van der Waals surface area contributed by atoms with E-state index in [0.717, 1.165) is 16.5 Å². The molecule has 1 heterocycles. The van der Waals surface area contributed by atoms with Crippen LogP contribution in [-0.2, 0) is 14.8 Å². The molecule has 140 valence electrons. The summed E-state index contributed by atoms with van der Waals surface area (Å²) >= 11 is 0. The Morgan fingerprint density at radius 2 is 2.00 bits per heavy atom. The largest absolute Gasteiger partial charge is 0.492 e. The Labute approximate surface area is 154 Å². The summed E-state index contributed by atoms with van der Waals surface area (Å²) in [6.07, 6.45) is 2.60. The minimum absolute atomic E-state index is 0.111. The zero-order valence-electron chi connectivity index (χ0n) is 14.8. The lowest BCUT2D eigenvalue weighted by molar-refractivity contribution is -0.126. The van der Waals surface area contributed by atoms with Crippen molar-refractivity contribution in [3.63, 3.8) is 0 Å². The van der Waals surface area contributed by atoms with Crippen LogP contribution in [0.2, 0.25) is 0 Å². The third-order valence-corrected chi connectivity index (χ3v) is 5.88. The van der Waals surface area contributed by atoms with Crippen molar-refractivity contribution in [1.29, 1.82) is 0 Å². The molecular formula is C19H24N2O4S. The van der Waals surface area contributed by atoms with Crippen LogP contribution >= 0.6 is 0 Å². The van der Waals surface area contributed by atoms with Gasteiger partial charge in [-0.3, -0.25) is 4.79 Å². The molecule has 1 aliphatic heterocycles. The number of sulfonamides is 1. The summed E-state index contributed by atoms with van der Waals surface area (Å²) in [6, 6.07) is 13.9. The third-order valence-electron chi connectivity index (χ3n) is 4.61. The number of benzene rings is 2. The van der Waals surface area contributed by atoms with Gasteiger partial charge < -0.3 is 10.1 Å². The van der Waals surface area contributed by atoms with Crippen molar-refractivity contribution in [2.24, 2.45) is 5.92 Å². The average Bonchev–Trinajstić information content (AvgIpc) is 2.64. The van der Waals surface area contributed by atoms with Crippen LogP contribution in [0.1, 0.15) is 12.8 Å². The van der Waals surface area contributed by atoms with E-state index in [2.05, 4.69) is 5.32 Å². The van der Waals surface area contributed by atoms with Crippen molar-refractivity contribution in [1.82, 2.24) is 9.62 Å². The summed E-state index contributed by atoms with van der Waals surface area (Å²) < 4.78 is 30.4. The number of hydrogen-bond donors (Lipinski definition) is 1. The van der Waals surface area contributed by atoms with E-state index in [9.17, 15) is 13.2 Å². The molecular weight excluding hydrogens is 352 g/mol. The fraction of sp³-hybridized carbons (Fsp3) is 0.421. The summed E-state index contributed by atoms with van der Waals surface area (Å²) in [5.74, 6) is 0.360. The zero-order chi connectivity index (χ0) is 18.6. The molecule has 1 fully saturated rings. The molecule has 0 bridgehead atoms. The highest BCUT2D eigenvalue weighted by Crippen LogP contribution is 2.21. The number of carbonyl (C=O) groups is 1. The van der Waals surface area contributed by atoms with Crippen molar-refractivity contribution in [2.45, 2.75) is 12.8 Å². The first kappa shape index (κ1) is 18.7. The molecule has 2 aromatic carbocycles. The molecule has 1 atom stereocenters. The first-order valence-corrected chi connectivity index (χ1v) is 10.6. The summed E-state index contributed by atoms with van der Waals surface area (Å²) in [6.45, 7) is 1.51. The monoisotopic (exact) mass is 376 g/mol. The fourth-order valence-electron chi connectivity index (χ4n) is 3.20. The van der Waals surface area contributed by atoms with E-state index in [-0.39, 0.29) is 18.4 Å². The minimum Gasteiger partial charge on any atom is -0.492 e. The normalized spacial score (nSPS) is 18.6. The number of ether oxygens (including phenoxy) is 1. The van der Waals surface area contributed by atoms with E-state index in [1.54, 1.807) is 0 Å². The van der Waals surface area contributed by atoms with Crippen molar-refractivity contribution < 1.29 is 17.9 Å².